The first-order valence-electron chi connectivity index (χ1n) is 6.81. The molecule has 5 nitrogen and oxygen atoms in total. The van der Waals surface area contributed by atoms with E-state index in [-0.39, 0.29) is 18.6 Å². The van der Waals surface area contributed by atoms with Crippen LogP contribution in [0.25, 0.3) is 0 Å². The standard InChI is InChI=1S/C15H18BrNO4/c1-9(10-3-4-10)17-14(18)8-21-13-6-5-11(7-12(13)16)15(19)20-2/h5-7,9-10H,3-4,8H2,1-2H3,(H,17,18)/t9-/m0/s1. The van der Waals surface area contributed by atoms with Crippen molar-refractivity contribution in [1.29, 1.82) is 0 Å². The topological polar surface area (TPSA) is 64.6 Å². The summed E-state index contributed by atoms with van der Waals surface area (Å²) in [7, 11) is 1.33. The average molecular weight is 356 g/mol. The lowest BCUT2D eigenvalue weighted by Gasteiger charge is -2.14. The Morgan fingerprint density at radius 1 is 1.43 bits per heavy atom. The van der Waals surface area contributed by atoms with Gasteiger partial charge in [-0.15, -0.1) is 0 Å². The zero-order valence-electron chi connectivity index (χ0n) is 12.0. The highest BCUT2D eigenvalue weighted by atomic mass is 79.9. The molecule has 0 radical (unpaired) electrons. The van der Waals surface area contributed by atoms with Crippen molar-refractivity contribution in [2.45, 2.75) is 25.8 Å². The van der Waals surface area contributed by atoms with E-state index < -0.39 is 5.97 Å². The van der Waals surface area contributed by atoms with E-state index in [0.29, 0.717) is 21.7 Å². The quantitative estimate of drug-likeness (QED) is 0.796. The number of hydrogen-bond acceptors (Lipinski definition) is 4. The highest BCUT2D eigenvalue weighted by Crippen LogP contribution is 2.32. The van der Waals surface area contributed by atoms with Crippen LogP contribution in [0.2, 0.25) is 0 Å². The maximum Gasteiger partial charge on any atom is 0.337 e. The third-order valence-electron chi connectivity index (χ3n) is 3.43. The molecule has 0 aromatic heterocycles. The number of rotatable bonds is 6. The van der Waals surface area contributed by atoms with E-state index >= 15 is 0 Å². The minimum absolute atomic E-state index is 0.0484. The largest absolute Gasteiger partial charge is 0.483 e. The van der Waals surface area contributed by atoms with Gasteiger partial charge in [-0.2, -0.15) is 0 Å². The number of methoxy groups -OCH3 is 1. The van der Waals surface area contributed by atoms with Gasteiger partial charge in [0.25, 0.3) is 5.91 Å². The van der Waals surface area contributed by atoms with Crippen LogP contribution in [0.3, 0.4) is 0 Å². The Morgan fingerprint density at radius 3 is 2.71 bits per heavy atom. The minimum Gasteiger partial charge on any atom is -0.483 e. The molecular weight excluding hydrogens is 338 g/mol. The number of halogens is 1. The van der Waals surface area contributed by atoms with Crippen molar-refractivity contribution in [2.75, 3.05) is 13.7 Å². The van der Waals surface area contributed by atoms with Gasteiger partial charge in [-0.3, -0.25) is 4.79 Å². The average Bonchev–Trinajstić information content (AvgIpc) is 3.29. The van der Waals surface area contributed by atoms with Gasteiger partial charge in [0.2, 0.25) is 0 Å². The SMILES string of the molecule is COC(=O)c1ccc(OCC(=O)N[C@@H](C)C2CC2)c(Br)c1. The first-order valence-corrected chi connectivity index (χ1v) is 7.60. The zero-order valence-corrected chi connectivity index (χ0v) is 13.6. The second kappa shape index (κ2) is 6.93. The fourth-order valence-corrected chi connectivity index (χ4v) is 2.51. The summed E-state index contributed by atoms with van der Waals surface area (Å²) in [6.45, 7) is 1.96. The Kier molecular flexibility index (Phi) is 5.22. The highest BCUT2D eigenvalue weighted by Gasteiger charge is 2.28. The van der Waals surface area contributed by atoms with Gasteiger partial charge in [-0.1, -0.05) is 0 Å². The molecule has 21 heavy (non-hydrogen) atoms. The van der Waals surface area contributed by atoms with Crippen molar-refractivity contribution in [3.05, 3.63) is 28.2 Å². The number of benzene rings is 1. The highest BCUT2D eigenvalue weighted by molar-refractivity contribution is 9.10. The summed E-state index contributed by atoms with van der Waals surface area (Å²) in [5.41, 5.74) is 0.420. The van der Waals surface area contributed by atoms with Crippen LogP contribution in [0.1, 0.15) is 30.1 Å². The van der Waals surface area contributed by atoms with Gasteiger partial charge in [0.1, 0.15) is 5.75 Å². The summed E-state index contributed by atoms with van der Waals surface area (Å²) in [5.74, 6) is 0.563. The maximum atomic E-state index is 11.8. The van der Waals surface area contributed by atoms with Crippen LogP contribution in [0, 0.1) is 5.92 Å². The predicted molar refractivity (Wildman–Crippen MR) is 81.3 cm³/mol. The second-order valence-electron chi connectivity index (χ2n) is 5.12. The van der Waals surface area contributed by atoms with Crippen LogP contribution < -0.4 is 10.1 Å². The predicted octanol–water partition coefficient (Wildman–Crippen LogP) is 2.53. The molecule has 0 aliphatic heterocycles. The third-order valence-corrected chi connectivity index (χ3v) is 4.05. The minimum atomic E-state index is -0.418. The van der Waals surface area contributed by atoms with E-state index in [2.05, 4.69) is 26.0 Å². The number of hydrogen-bond donors (Lipinski definition) is 1. The Balaban J connectivity index is 1.87. The smallest absolute Gasteiger partial charge is 0.337 e. The molecule has 1 aliphatic rings. The van der Waals surface area contributed by atoms with E-state index in [1.54, 1.807) is 18.2 Å². The third kappa shape index (κ3) is 4.46. The van der Waals surface area contributed by atoms with Gasteiger partial charge in [0.05, 0.1) is 17.1 Å². The van der Waals surface area contributed by atoms with Crippen molar-refractivity contribution < 1.29 is 19.1 Å². The fraction of sp³-hybridized carbons (Fsp3) is 0.467. The molecule has 1 amide bonds. The Labute approximate surface area is 132 Å². The lowest BCUT2D eigenvalue weighted by atomic mass is 10.2. The normalized spacial score (nSPS) is 15.2. The second-order valence-corrected chi connectivity index (χ2v) is 5.97. The number of carbonyl (C=O) groups excluding carboxylic acids is 2. The van der Waals surface area contributed by atoms with Crippen molar-refractivity contribution in [1.82, 2.24) is 5.32 Å². The van der Waals surface area contributed by atoms with Gasteiger partial charge in [0.15, 0.2) is 6.61 Å². The summed E-state index contributed by atoms with van der Waals surface area (Å²) in [6.07, 6.45) is 2.37. The molecular formula is C15H18BrNO4. The summed E-state index contributed by atoms with van der Waals surface area (Å²) < 4.78 is 10.7. The molecule has 0 unspecified atom stereocenters. The summed E-state index contributed by atoms with van der Waals surface area (Å²) in [4.78, 5) is 23.2. The molecule has 1 fully saturated rings. The lowest BCUT2D eigenvalue weighted by molar-refractivity contribution is -0.123. The Hall–Kier alpha value is -1.56. The van der Waals surface area contributed by atoms with Crippen molar-refractivity contribution >= 4 is 27.8 Å². The van der Waals surface area contributed by atoms with Crippen LogP contribution in [0.5, 0.6) is 5.75 Å². The van der Waals surface area contributed by atoms with Gasteiger partial charge < -0.3 is 14.8 Å². The van der Waals surface area contributed by atoms with Gasteiger partial charge in [-0.05, 0) is 59.8 Å². The van der Waals surface area contributed by atoms with Crippen LogP contribution in [-0.4, -0.2) is 31.6 Å². The van der Waals surface area contributed by atoms with Crippen molar-refractivity contribution in [2.24, 2.45) is 5.92 Å². The summed E-state index contributed by atoms with van der Waals surface area (Å²) >= 11 is 3.31. The molecule has 1 aromatic carbocycles. The molecule has 6 heteroatoms. The van der Waals surface area contributed by atoms with Crippen LogP contribution in [0.15, 0.2) is 22.7 Å². The molecule has 0 heterocycles. The van der Waals surface area contributed by atoms with Crippen LogP contribution in [0.4, 0.5) is 0 Å². The molecule has 1 atom stereocenters. The molecule has 1 aliphatic carbocycles. The summed E-state index contributed by atoms with van der Waals surface area (Å²) in [5, 5.41) is 2.92. The number of ether oxygens (including phenoxy) is 2. The van der Waals surface area contributed by atoms with Gasteiger partial charge in [-0.25, -0.2) is 4.79 Å². The molecule has 114 valence electrons. The maximum absolute atomic E-state index is 11.8. The monoisotopic (exact) mass is 355 g/mol. The first kappa shape index (κ1) is 15.8. The first-order chi connectivity index (χ1) is 10.0. The number of esters is 1. The number of nitrogens with one attached hydrogen (secondary N) is 1. The van der Waals surface area contributed by atoms with Crippen molar-refractivity contribution in [3.63, 3.8) is 0 Å². The molecule has 1 N–H and O–H groups in total. The molecule has 1 saturated carbocycles. The zero-order chi connectivity index (χ0) is 15.4. The summed E-state index contributed by atoms with van der Waals surface area (Å²) in [6, 6.07) is 5.03. The fourth-order valence-electron chi connectivity index (χ4n) is 2.02. The number of amides is 1. The molecule has 1 aromatic rings. The van der Waals surface area contributed by atoms with Crippen LogP contribution in [-0.2, 0) is 9.53 Å². The van der Waals surface area contributed by atoms with E-state index in [1.807, 2.05) is 6.92 Å². The molecule has 2 rings (SSSR count). The molecule has 0 saturated heterocycles. The Morgan fingerprint density at radius 2 is 2.14 bits per heavy atom. The van der Waals surface area contributed by atoms with Crippen LogP contribution >= 0.6 is 15.9 Å². The lowest BCUT2D eigenvalue weighted by Crippen LogP contribution is -2.37. The molecule has 0 bridgehead atoms. The molecule has 0 spiro atoms. The number of carbonyl (C=O) groups is 2. The Bertz CT molecular complexity index is 542. The van der Waals surface area contributed by atoms with Gasteiger partial charge >= 0.3 is 5.97 Å². The van der Waals surface area contributed by atoms with E-state index in [1.165, 1.54) is 20.0 Å². The van der Waals surface area contributed by atoms with Crippen molar-refractivity contribution in [3.8, 4) is 5.75 Å². The van der Waals surface area contributed by atoms with E-state index in [4.69, 9.17) is 4.74 Å². The van der Waals surface area contributed by atoms with E-state index in [9.17, 15) is 9.59 Å². The van der Waals surface area contributed by atoms with Gasteiger partial charge in [0, 0.05) is 6.04 Å². The van der Waals surface area contributed by atoms with E-state index in [0.717, 1.165) is 0 Å².